The standard InChI is InChI=1S/C5H8NO3/c1-2-3-4(7)9-5(6)8/h6H,2-3H2,1H3. The molecule has 0 aliphatic carbocycles. The maximum Gasteiger partial charge on any atom is 0.433 e. The second-order valence-electron chi connectivity index (χ2n) is 1.51. The van der Waals surface area contributed by atoms with Gasteiger partial charge in [0.25, 0.3) is 0 Å². The van der Waals surface area contributed by atoms with Gasteiger partial charge in [-0.25, -0.2) is 10.5 Å². The number of hydrogen-bond donors (Lipinski definition) is 0. The maximum absolute atomic E-state index is 10.3. The number of amides is 1. The first-order chi connectivity index (χ1) is 4.16. The number of carbonyl (C=O) groups excluding carboxylic acids is 2. The zero-order valence-electron chi connectivity index (χ0n) is 5.14. The van der Waals surface area contributed by atoms with E-state index in [1.54, 1.807) is 6.92 Å². The number of carbonyl (C=O) groups is 2. The minimum atomic E-state index is -1.28. The lowest BCUT2D eigenvalue weighted by Crippen LogP contribution is -2.10. The molecule has 0 bridgehead atoms. The average molecular weight is 130 g/mol. The van der Waals surface area contributed by atoms with Crippen molar-refractivity contribution in [2.24, 2.45) is 0 Å². The Morgan fingerprint density at radius 1 is 1.56 bits per heavy atom. The smallest absolute Gasteiger partial charge is 0.375 e. The van der Waals surface area contributed by atoms with Gasteiger partial charge in [0.05, 0.1) is 0 Å². The van der Waals surface area contributed by atoms with Crippen molar-refractivity contribution in [1.29, 1.82) is 0 Å². The molecule has 4 heteroatoms. The Labute approximate surface area is 53.0 Å². The van der Waals surface area contributed by atoms with E-state index >= 15 is 0 Å². The zero-order valence-corrected chi connectivity index (χ0v) is 5.14. The van der Waals surface area contributed by atoms with Crippen molar-refractivity contribution >= 4 is 12.1 Å². The SMILES string of the molecule is CCCC(=O)OC([NH])=O. The molecule has 0 heterocycles. The van der Waals surface area contributed by atoms with Crippen LogP contribution >= 0.6 is 0 Å². The summed E-state index contributed by atoms with van der Waals surface area (Å²) in [5, 5.41) is 0. The van der Waals surface area contributed by atoms with Crippen LogP contribution in [0.1, 0.15) is 19.8 Å². The largest absolute Gasteiger partial charge is 0.433 e. The van der Waals surface area contributed by atoms with Crippen molar-refractivity contribution in [3.63, 3.8) is 0 Å². The molecule has 0 aliphatic heterocycles. The van der Waals surface area contributed by atoms with Gasteiger partial charge in [0.15, 0.2) is 0 Å². The summed E-state index contributed by atoms with van der Waals surface area (Å²) in [6.07, 6.45) is -0.454. The van der Waals surface area contributed by atoms with Gasteiger partial charge >= 0.3 is 12.1 Å². The summed E-state index contributed by atoms with van der Waals surface area (Å²) in [6, 6.07) is 0. The van der Waals surface area contributed by atoms with Gasteiger partial charge in [-0.15, -0.1) is 0 Å². The van der Waals surface area contributed by atoms with Crippen LogP contribution < -0.4 is 5.73 Å². The maximum atomic E-state index is 10.3. The van der Waals surface area contributed by atoms with Crippen LogP contribution in [0.25, 0.3) is 0 Å². The Morgan fingerprint density at radius 2 is 2.11 bits per heavy atom. The van der Waals surface area contributed by atoms with Crippen LogP contribution in [0.5, 0.6) is 0 Å². The van der Waals surface area contributed by atoms with E-state index in [1.807, 2.05) is 0 Å². The molecule has 0 atom stereocenters. The van der Waals surface area contributed by atoms with Gasteiger partial charge in [0.2, 0.25) is 0 Å². The average Bonchev–Trinajstić information content (AvgIpc) is 1.63. The fourth-order valence-corrected chi connectivity index (χ4v) is 0.359. The predicted molar refractivity (Wildman–Crippen MR) is 29.5 cm³/mol. The summed E-state index contributed by atoms with van der Waals surface area (Å²) in [5.74, 6) is -0.627. The molecule has 0 fully saturated rings. The number of ether oxygens (including phenoxy) is 1. The normalized spacial score (nSPS) is 8.56. The van der Waals surface area contributed by atoms with Gasteiger partial charge in [0, 0.05) is 6.42 Å². The lowest BCUT2D eigenvalue weighted by Gasteiger charge is -1.93. The Morgan fingerprint density at radius 3 is 2.44 bits per heavy atom. The Bertz CT molecular complexity index is 121. The molecule has 0 spiro atoms. The summed E-state index contributed by atoms with van der Waals surface area (Å²) in [7, 11) is 0. The zero-order chi connectivity index (χ0) is 7.28. The Hall–Kier alpha value is -1.06. The summed E-state index contributed by atoms with van der Waals surface area (Å²) < 4.78 is 3.88. The molecule has 0 aromatic rings. The summed E-state index contributed by atoms with van der Waals surface area (Å²) in [6.45, 7) is 1.79. The fourth-order valence-electron chi connectivity index (χ4n) is 0.359. The second-order valence-corrected chi connectivity index (χ2v) is 1.51. The van der Waals surface area contributed by atoms with E-state index in [9.17, 15) is 9.59 Å². The van der Waals surface area contributed by atoms with Crippen LogP contribution in [0.3, 0.4) is 0 Å². The quantitative estimate of drug-likeness (QED) is 0.408. The van der Waals surface area contributed by atoms with E-state index in [1.165, 1.54) is 0 Å². The molecule has 0 saturated heterocycles. The number of esters is 1. The molecule has 1 radical (unpaired) electrons. The molecule has 0 unspecified atom stereocenters. The number of nitrogens with one attached hydrogen (secondary N) is 1. The third-order valence-corrected chi connectivity index (χ3v) is 0.661. The number of hydrogen-bond acceptors (Lipinski definition) is 3. The highest BCUT2D eigenvalue weighted by molar-refractivity contribution is 5.83. The van der Waals surface area contributed by atoms with Gasteiger partial charge in [-0.3, -0.25) is 4.79 Å². The topological polar surface area (TPSA) is 67.2 Å². The predicted octanol–water partition coefficient (Wildman–Crippen LogP) is 0.733. The van der Waals surface area contributed by atoms with E-state index in [0.29, 0.717) is 6.42 Å². The van der Waals surface area contributed by atoms with Gasteiger partial charge in [0.1, 0.15) is 0 Å². The van der Waals surface area contributed by atoms with E-state index in [2.05, 4.69) is 4.74 Å². The van der Waals surface area contributed by atoms with Crippen LogP contribution in [0.15, 0.2) is 0 Å². The molecule has 9 heavy (non-hydrogen) atoms. The molecule has 0 aromatic carbocycles. The molecular formula is C5H8NO3. The molecule has 0 rings (SSSR count). The summed E-state index contributed by atoms with van der Waals surface area (Å²) in [5.41, 5.74) is 6.20. The van der Waals surface area contributed by atoms with Crippen molar-refractivity contribution in [3.8, 4) is 0 Å². The Kier molecular flexibility index (Phi) is 3.43. The first-order valence-corrected chi connectivity index (χ1v) is 2.63. The van der Waals surface area contributed by atoms with Gasteiger partial charge in [-0.1, -0.05) is 6.92 Å². The summed E-state index contributed by atoms with van der Waals surface area (Å²) in [4.78, 5) is 20.0. The molecule has 0 aliphatic rings. The van der Waals surface area contributed by atoms with E-state index in [0.717, 1.165) is 0 Å². The molecular weight excluding hydrogens is 122 g/mol. The van der Waals surface area contributed by atoms with Crippen molar-refractivity contribution in [3.05, 3.63) is 0 Å². The molecule has 0 aromatic heterocycles. The van der Waals surface area contributed by atoms with Gasteiger partial charge in [-0.05, 0) is 6.42 Å². The van der Waals surface area contributed by atoms with Crippen molar-refractivity contribution in [1.82, 2.24) is 5.73 Å². The number of rotatable bonds is 2. The van der Waals surface area contributed by atoms with E-state index in [4.69, 9.17) is 5.73 Å². The van der Waals surface area contributed by atoms with Crippen molar-refractivity contribution in [2.45, 2.75) is 19.8 Å². The first-order valence-electron chi connectivity index (χ1n) is 2.63. The highest BCUT2D eigenvalue weighted by Crippen LogP contribution is 1.89. The minimum Gasteiger partial charge on any atom is -0.375 e. The molecule has 0 saturated carbocycles. The lowest BCUT2D eigenvalue weighted by molar-refractivity contribution is -0.137. The molecule has 51 valence electrons. The van der Waals surface area contributed by atoms with Crippen LogP contribution in [-0.4, -0.2) is 12.1 Å². The van der Waals surface area contributed by atoms with E-state index < -0.39 is 12.1 Å². The highest BCUT2D eigenvalue weighted by atomic mass is 16.6. The van der Waals surface area contributed by atoms with Crippen molar-refractivity contribution < 1.29 is 14.3 Å². The van der Waals surface area contributed by atoms with Gasteiger partial charge < -0.3 is 4.74 Å². The van der Waals surface area contributed by atoms with Crippen LogP contribution in [0, 0.1) is 0 Å². The van der Waals surface area contributed by atoms with Crippen LogP contribution in [0.4, 0.5) is 4.79 Å². The Balaban J connectivity index is 3.39. The minimum absolute atomic E-state index is 0.199. The molecule has 1 N–H and O–H groups in total. The van der Waals surface area contributed by atoms with Crippen LogP contribution in [0.2, 0.25) is 0 Å². The van der Waals surface area contributed by atoms with Crippen LogP contribution in [-0.2, 0) is 9.53 Å². The fraction of sp³-hybridized carbons (Fsp3) is 0.600. The molecule has 4 nitrogen and oxygen atoms in total. The molecule has 1 amide bonds. The second kappa shape index (κ2) is 3.88. The van der Waals surface area contributed by atoms with Gasteiger partial charge in [-0.2, -0.15) is 0 Å². The highest BCUT2D eigenvalue weighted by Gasteiger charge is 2.03. The van der Waals surface area contributed by atoms with E-state index in [-0.39, 0.29) is 6.42 Å². The lowest BCUT2D eigenvalue weighted by atomic mass is 10.3. The van der Waals surface area contributed by atoms with Crippen molar-refractivity contribution in [2.75, 3.05) is 0 Å². The third-order valence-electron chi connectivity index (χ3n) is 0.661. The summed E-state index contributed by atoms with van der Waals surface area (Å²) >= 11 is 0. The monoisotopic (exact) mass is 130 g/mol. The first kappa shape index (κ1) is 7.94. The third kappa shape index (κ3) is 4.80.